The normalized spacial score (nSPS) is 11.7. The Hall–Kier alpha value is -3.66. The molecule has 0 aliphatic rings. The van der Waals surface area contributed by atoms with Gasteiger partial charge in [0.25, 0.3) is 0 Å². The van der Waals surface area contributed by atoms with E-state index in [1.54, 1.807) is 42.5 Å². The Morgan fingerprint density at radius 3 is 1.08 bits per heavy atom. The van der Waals surface area contributed by atoms with Crippen LogP contribution in [0.3, 0.4) is 0 Å². The quantitative estimate of drug-likeness (QED) is 0.252. The molecule has 0 aliphatic carbocycles. The number of carbonyl (C=O) groups is 4. The van der Waals surface area contributed by atoms with Crippen LogP contribution in [-0.2, 0) is 10.8 Å². The summed E-state index contributed by atoms with van der Waals surface area (Å²) < 4.78 is 0. The van der Waals surface area contributed by atoms with Crippen LogP contribution >= 0.6 is 0 Å². The first-order valence-electron chi connectivity index (χ1n) is 12.2. The van der Waals surface area contributed by atoms with Crippen molar-refractivity contribution in [2.45, 2.75) is 65.2 Å². The highest BCUT2D eigenvalue weighted by molar-refractivity contribution is 6.16. The highest BCUT2D eigenvalue weighted by Gasteiger charge is 2.20. The summed E-state index contributed by atoms with van der Waals surface area (Å²) in [5.41, 5.74) is 3.68. The fourth-order valence-corrected chi connectivity index (χ4v) is 3.88. The summed E-state index contributed by atoms with van der Waals surface area (Å²) in [5.74, 6) is -1.27. The van der Waals surface area contributed by atoms with Gasteiger partial charge in [0, 0.05) is 22.3 Å². The summed E-state index contributed by atoms with van der Waals surface area (Å²) >= 11 is 0. The number of Topliss-reactive ketones (excluding diaryl/α,β-unsaturated/α-hetero) is 4. The molecule has 0 atom stereocenters. The van der Waals surface area contributed by atoms with Gasteiger partial charge in [0.05, 0.1) is 12.8 Å². The van der Waals surface area contributed by atoms with Crippen LogP contribution in [0.1, 0.15) is 107 Å². The van der Waals surface area contributed by atoms with Gasteiger partial charge in [0.1, 0.15) is 0 Å². The Labute approximate surface area is 213 Å². The van der Waals surface area contributed by atoms with Crippen molar-refractivity contribution < 1.29 is 19.2 Å². The summed E-state index contributed by atoms with van der Waals surface area (Å²) in [7, 11) is 0. The fourth-order valence-electron chi connectivity index (χ4n) is 3.88. The van der Waals surface area contributed by atoms with Gasteiger partial charge in [0.2, 0.25) is 0 Å². The fraction of sp³-hybridized carbons (Fsp3) is 0.312. The van der Waals surface area contributed by atoms with Gasteiger partial charge < -0.3 is 0 Å². The van der Waals surface area contributed by atoms with Gasteiger partial charge in [-0.2, -0.15) is 0 Å². The van der Waals surface area contributed by atoms with Gasteiger partial charge in [-0.1, -0.05) is 108 Å². The summed E-state index contributed by atoms with van der Waals surface area (Å²) in [4.78, 5) is 50.9. The van der Waals surface area contributed by atoms with E-state index in [1.807, 2.05) is 24.3 Å². The van der Waals surface area contributed by atoms with Crippen LogP contribution in [0.15, 0.2) is 72.8 Å². The summed E-state index contributed by atoms with van der Waals surface area (Å²) in [6.45, 7) is 12.6. The van der Waals surface area contributed by atoms with Crippen LogP contribution < -0.4 is 0 Å². The number of rotatable bonds is 8. The third-order valence-electron chi connectivity index (χ3n) is 6.29. The maximum atomic E-state index is 12.8. The minimum atomic E-state index is -0.362. The molecule has 186 valence electrons. The highest BCUT2D eigenvalue weighted by Crippen LogP contribution is 2.24. The zero-order valence-corrected chi connectivity index (χ0v) is 22.0. The zero-order chi connectivity index (χ0) is 26.7. The van der Waals surface area contributed by atoms with Crippen LogP contribution in [0.4, 0.5) is 0 Å². The standard InChI is InChI=1S/C32H34O4/c1-31(2,3)25-14-10-21(11-15-25)27(33)19-29(35)23-8-7-9-24(18-23)30(36)20-28(34)22-12-16-26(17-13-22)32(4,5)6/h7-18H,19-20H2,1-6H3. The van der Waals surface area contributed by atoms with E-state index in [2.05, 4.69) is 41.5 Å². The molecule has 0 heterocycles. The molecule has 0 fully saturated rings. The molecular weight excluding hydrogens is 448 g/mol. The Balaban J connectivity index is 1.66. The van der Waals surface area contributed by atoms with Crippen molar-refractivity contribution in [3.63, 3.8) is 0 Å². The average Bonchev–Trinajstić information content (AvgIpc) is 2.83. The van der Waals surface area contributed by atoms with Crippen LogP contribution in [-0.4, -0.2) is 23.1 Å². The summed E-state index contributed by atoms with van der Waals surface area (Å²) in [6, 6.07) is 20.9. The molecule has 0 radical (unpaired) electrons. The zero-order valence-electron chi connectivity index (χ0n) is 22.0. The first-order chi connectivity index (χ1) is 16.8. The van der Waals surface area contributed by atoms with E-state index >= 15 is 0 Å². The number of hydrogen-bond donors (Lipinski definition) is 0. The molecule has 0 aliphatic heterocycles. The van der Waals surface area contributed by atoms with Gasteiger partial charge in [0.15, 0.2) is 23.1 Å². The first kappa shape index (κ1) is 26.9. The third-order valence-corrected chi connectivity index (χ3v) is 6.29. The molecule has 0 N–H and O–H groups in total. The van der Waals surface area contributed by atoms with E-state index in [0.29, 0.717) is 11.1 Å². The SMILES string of the molecule is CC(C)(C)c1ccc(C(=O)CC(=O)c2cccc(C(=O)CC(=O)c3ccc(C(C)(C)C)cc3)c2)cc1. The maximum Gasteiger partial charge on any atom is 0.170 e. The van der Waals surface area contributed by atoms with Gasteiger partial charge in [-0.25, -0.2) is 0 Å². The van der Waals surface area contributed by atoms with Gasteiger partial charge >= 0.3 is 0 Å². The minimum Gasteiger partial charge on any atom is -0.294 e. The lowest BCUT2D eigenvalue weighted by atomic mass is 9.86. The number of ketones is 4. The third kappa shape index (κ3) is 6.72. The predicted molar refractivity (Wildman–Crippen MR) is 143 cm³/mol. The van der Waals surface area contributed by atoms with Crippen LogP contribution in [0.5, 0.6) is 0 Å². The topological polar surface area (TPSA) is 68.3 Å². The molecule has 0 bridgehead atoms. The van der Waals surface area contributed by atoms with E-state index < -0.39 is 0 Å². The summed E-state index contributed by atoms with van der Waals surface area (Å²) in [5, 5.41) is 0. The van der Waals surface area contributed by atoms with Crippen molar-refractivity contribution in [1.29, 1.82) is 0 Å². The van der Waals surface area contributed by atoms with Crippen molar-refractivity contribution >= 4 is 23.1 Å². The van der Waals surface area contributed by atoms with Crippen molar-refractivity contribution in [1.82, 2.24) is 0 Å². The first-order valence-corrected chi connectivity index (χ1v) is 12.2. The Kier molecular flexibility index (Phi) is 7.88. The van der Waals surface area contributed by atoms with Crippen LogP contribution in [0, 0.1) is 0 Å². The Morgan fingerprint density at radius 2 is 0.778 bits per heavy atom. The highest BCUT2D eigenvalue weighted by atomic mass is 16.2. The second-order valence-electron chi connectivity index (χ2n) is 11.3. The minimum absolute atomic E-state index is 0.0262. The molecule has 3 rings (SSSR count). The lowest BCUT2D eigenvalue weighted by Crippen LogP contribution is -2.13. The maximum absolute atomic E-state index is 12.8. The smallest absolute Gasteiger partial charge is 0.170 e. The Bertz CT molecular complexity index is 1180. The Morgan fingerprint density at radius 1 is 0.472 bits per heavy atom. The van der Waals surface area contributed by atoms with Crippen molar-refractivity contribution in [3.05, 3.63) is 106 Å². The van der Waals surface area contributed by atoms with E-state index in [4.69, 9.17) is 0 Å². The molecule has 3 aromatic rings. The van der Waals surface area contributed by atoms with E-state index in [1.165, 1.54) is 6.07 Å². The molecule has 0 spiro atoms. The molecule has 0 aromatic heterocycles. The van der Waals surface area contributed by atoms with Crippen LogP contribution in [0.2, 0.25) is 0 Å². The van der Waals surface area contributed by atoms with Crippen molar-refractivity contribution in [2.75, 3.05) is 0 Å². The largest absolute Gasteiger partial charge is 0.294 e. The van der Waals surface area contributed by atoms with Crippen molar-refractivity contribution in [3.8, 4) is 0 Å². The molecule has 3 aromatic carbocycles. The predicted octanol–water partition coefficient (Wildman–Crippen LogP) is 7.19. The van der Waals surface area contributed by atoms with E-state index in [-0.39, 0.29) is 57.9 Å². The van der Waals surface area contributed by atoms with Gasteiger partial charge in [-0.15, -0.1) is 0 Å². The molecule has 4 heteroatoms. The monoisotopic (exact) mass is 482 g/mol. The van der Waals surface area contributed by atoms with E-state index in [0.717, 1.165) is 11.1 Å². The average molecular weight is 483 g/mol. The molecule has 0 saturated carbocycles. The molecule has 0 unspecified atom stereocenters. The number of carbonyl (C=O) groups excluding carboxylic acids is 4. The van der Waals surface area contributed by atoms with Gasteiger partial charge in [-0.3, -0.25) is 19.2 Å². The lowest BCUT2D eigenvalue weighted by Gasteiger charge is -2.19. The van der Waals surface area contributed by atoms with Crippen molar-refractivity contribution in [2.24, 2.45) is 0 Å². The molecule has 36 heavy (non-hydrogen) atoms. The molecule has 0 saturated heterocycles. The second-order valence-corrected chi connectivity index (χ2v) is 11.3. The van der Waals surface area contributed by atoms with Crippen LogP contribution in [0.25, 0.3) is 0 Å². The number of benzene rings is 3. The number of hydrogen-bond acceptors (Lipinski definition) is 4. The summed E-state index contributed by atoms with van der Waals surface area (Å²) in [6.07, 6.45) is -0.572. The van der Waals surface area contributed by atoms with Gasteiger partial charge in [-0.05, 0) is 28.0 Å². The second kappa shape index (κ2) is 10.5. The van der Waals surface area contributed by atoms with E-state index in [9.17, 15) is 19.2 Å². The molecule has 0 amide bonds. The molecule has 4 nitrogen and oxygen atoms in total. The molecular formula is C32H34O4. The lowest BCUT2D eigenvalue weighted by molar-refractivity contribution is 0.0882.